The van der Waals surface area contributed by atoms with Gasteiger partial charge in [-0.1, -0.05) is 68.3 Å². The van der Waals surface area contributed by atoms with Gasteiger partial charge in [-0.05, 0) is 66.4 Å². The van der Waals surface area contributed by atoms with Gasteiger partial charge in [-0.15, -0.1) is 0 Å². The Bertz CT molecular complexity index is 1180. The molecule has 0 atom stereocenters. The van der Waals surface area contributed by atoms with Gasteiger partial charge in [0.2, 0.25) is 11.8 Å². The van der Waals surface area contributed by atoms with Crippen molar-refractivity contribution in [1.29, 1.82) is 0 Å². The molecule has 0 radical (unpaired) electrons. The average molecular weight is 541 g/mol. The summed E-state index contributed by atoms with van der Waals surface area (Å²) in [5.41, 5.74) is 4.99. The summed E-state index contributed by atoms with van der Waals surface area (Å²) in [4.78, 5) is 4.22. The number of nitrogens with one attached hydrogen (secondary N) is 1. The lowest BCUT2D eigenvalue weighted by Crippen LogP contribution is -2.24. The van der Waals surface area contributed by atoms with Crippen molar-refractivity contribution < 1.29 is 9.47 Å². The standard InChI is InChI=1S/C31H45ClN4O2/c1-10-15-24(18-17-23(12-3)13-4)21-34-25(16-11-2)28-22(6)30(36(35-28)31(7,8)9)38-26-19-20-33-29(27(26)32)37-14-5/h12,15-20,34H,10-11,13-14,21H2,1-9H3/b18-17-,23-12-,24-15-,25-16+. The van der Waals surface area contributed by atoms with E-state index in [-0.39, 0.29) is 5.54 Å². The Morgan fingerprint density at radius 3 is 2.34 bits per heavy atom. The first kappa shape index (κ1) is 31.2. The molecule has 2 aromatic heterocycles. The summed E-state index contributed by atoms with van der Waals surface area (Å²) >= 11 is 6.58. The summed E-state index contributed by atoms with van der Waals surface area (Å²) in [5, 5.41) is 9.02. The predicted octanol–water partition coefficient (Wildman–Crippen LogP) is 8.78. The fraction of sp³-hybridized carbons (Fsp3) is 0.484. The number of rotatable bonds is 13. The minimum absolute atomic E-state index is 0.322. The second kappa shape index (κ2) is 14.8. The SMILES string of the molecule is C\C=C(/C=C\C(=C\CC)CN/C(=C/CC)c1nn(C(C)(C)C)c(Oc2ccnc(OCC)c2Cl)c1C)CC. The van der Waals surface area contributed by atoms with Crippen LogP contribution in [0.15, 0.2) is 53.8 Å². The van der Waals surface area contributed by atoms with Crippen molar-refractivity contribution in [3.05, 3.63) is 70.1 Å². The maximum absolute atomic E-state index is 6.58. The van der Waals surface area contributed by atoms with Crippen LogP contribution in [0.25, 0.3) is 5.70 Å². The van der Waals surface area contributed by atoms with Gasteiger partial charge in [0.25, 0.3) is 0 Å². The van der Waals surface area contributed by atoms with Crippen LogP contribution in [0.4, 0.5) is 0 Å². The molecule has 0 aliphatic rings. The highest BCUT2D eigenvalue weighted by molar-refractivity contribution is 6.33. The predicted molar refractivity (Wildman–Crippen MR) is 160 cm³/mol. The van der Waals surface area contributed by atoms with Crippen molar-refractivity contribution in [3.63, 3.8) is 0 Å². The molecule has 0 aliphatic carbocycles. The van der Waals surface area contributed by atoms with Gasteiger partial charge in [-0.25, -0.2) is 9.67 Å². The summed E-state index contributed by atoms with van der Waals surface area (Å²) in [6.45, 7) is 19.9. The van der Waals surface area contributed by atoms with Crippen LogP contribution >= 0.6 is 11.6 Å². The fourth-order valence-electron chi connectivity index (χ4n) is 3.89. The van der Waals surface area contributed by atoms with Gasteiger partial charge in [0.1, 0.15) is 10.7 Å². The van der Waals surface area contributed by atoms with Crippen LogP contribution in [-0.4, -0.2) is 27.9 Å². The number of allylic oxidation sites excluding steroid dienone is 5. The number of ether oxygens (including phenoxy) is 2. The Morgan fingerprint density at radius 2 is 1.76 bits per heavy atom. The molecule has 0 aliphatic heterocycles. The molecule has 0 fully saturated rings. The van der Waals surface area contributed by atoms with Crippen molar-refractivity contribution in [1.82, 2.24) is 20.1 Å². The summed E-state index contributed by atoms with van der Waals surface area (Å²) in [6, 6.07) is 1.74. The topological polar surface area (TPSA) is 61.2 Å². The summed E-state index contributed by atoms with van der Waals surface area (Å²) in [6.07, 6.45) is 15.5. The van der Waals surface area contributed by atoms with E-state index in [1.165, 1.54) is 11.1 Å². The third-order valence-corrected chi connectivity index (χ3v) is 6.26. The van der Waals surface area contributed by atoms with Crippen LogP contribution < -0.4 is 14.8 Å². The first-order valence-corrected chi connectivity index (χ1v) is 14.0. The minimum Gasteiger partial charge on any atom is -0.477 e. The third kappa shape index (κ3) is 8.26. The number of aromatic nitrogens is 3. The second-order valence-electron chi connectivity index (χ2n) is 9.94. The molecule has 6 nitrogen and oxygen atoms in total. The monoisotopic (exact) mass is 540 g/mol. The van der Waals surface area contributed by atoms with E-state index in [9.17, 15) is 0 Å². The highest BCUT2D eigenvalue weighted by Gasteiger charge is 2.27. The molecule has 1 N–H and O–H groups in total. The lowest BCUT2D eigenvalue weighted by atomic mass is 10.1. The fourth-order valence-corrected chi connectivity index (χ4v) is 4.09. The Hall–Kier alpha value is -2.99. The van der Waals surface area contributed by atoms with Crippen molar-refractivity contribution in [2.75, 3.05) is 13.2 Å². The van der Waals surface area contributed by atoms with E-state index in [0.717, 1.165) is 36.2 Å². The van der Waals surface area contributed by atoms with Gasteiger partial charge >= 0.3 is 0 Å². The lowest BCUT2D eigenvalue weighted by Gasteiger charge is -2.22. The van der Waals surface area contributed by atoms with Crippen LogP contribution in [0, 0.1) is 6.92 Å². The van der Waals surface area contributed by atoms with E-state index in [1.54, 1.807) is 12.3 Å². The third-order valence-electron chi connectivity index (χ3n) is 5.92. The van der Waals surface area contributed by atoms with Crippen LogP contribution in [0.1, 0.15) is 85.9 Å². The molecule has 2 rings (SSSR count). The minimum atomic E-state index is -0.322. The van der Waals surface area contributed by atoms with E-state index < -0.39 is 0 Å². The number of hydrogen-bond acceptors (Lipinski definition) is 5. The molecule has 0 amide bonds. The van der Waals surface area contributed by atoms with E-state index >= 15 is 0 Å². The van der Waals surface area contributed by atoms with Crippen molar-refractivity contribution in [3.8, 4) is 17.5 Å². The zero-order valence-corrected chi connectivity index (χ0v) is 25.4. The van der Waals surface area contributed by atoms with Crippen LogP contribution in [0.3, 0.4) is 0 Å². The number of pyridine rings is 1. The molecule has 0 aromatic carbocycles. The number of halogens is 1. The summed E-state index contributed by atoms with van der Waals surface area (Å²) in [5.74, 6) is 1.47. The average Bonchev–Trinajstić information content (AvgIpc) is 3.21. The van der Waals surface area contributed by atoms with Gasteiger partial charge in [-0.2, -0.15) is 5.10 Å². The smallest absolute Gasteiger partial charge is 0.236 e. The molecule has 38 heavy (non-hydrogen) atoms. The van der Waals surface area contributed by atoms with Crippen molar-refractivity contribution >= 4 is 17.3 Å². The molecule has 0 spiro atoms. The van der Waals surface area contributed by atoms with E-state index in [4.69, 9.17) is 26.2 Å². The maximum atomic E-state index is 6.58. The highest BCUT2D eigenvalue weighted by Crippen LogP contribution is 2.39. The van der Waals surface area contributed by atoms with Crippen LogP contribution in [-0.2, 0) is 5.54 Å². The molecule has 208 valence electrons. The first-order chi connectivity index (χ1) is 18.1. The van der Waals surface area contributed by atoms with Gasteiger partial charge < -0.3 is 14.8 Å². The Balaban J connectivity index is 2.47. The zero-order chi connectivity index (χ0) is 28.3. The number of hydrogen-bond donors (Lipinski definition) is 1. The Kier molecular flexibility index (Phi) is 12.2. The molecule has 0 saturated heterocycles. The molecule has 2 aromatic rings. The molecule has 2 heterocycles. The van der Waals surface area contributed by atoms with Crippen molar-refractivity contribution in [2.45, 2.75) is 87.1 Å². The second-order valence-corrected chi connectivity index (χ2v) is 10.3. The lowest BCUT2D eigenvalue weighted by molar-refractivity contribution is 0.297. The maximum Gasteiger partial charge on any atom is 0.236 e. The molecule has 0 bridgehead atoms. The molecule has 7 heteroatoms. The first-order valence-electron chi connectivity index (χ1n) is 13.6. The summed E-state index contributed by atoms with van der Waals surface area (Å²) < 4.78 is 13.9. The van der Waals surface area contributed by atoms with Gasteiger partial charge in [0.05, 0.1) is 17.8 Å². The quantitative estimate of drug-likeness (QED) is 0.257. The molecule has 0 unspecified atom stereocenters. The Morgan fingerprint density at radius 1 is 1.08 bits per heavy atom. The highest BCUT2D eigenvalue weighted by atomic mass is 35.5. The molecule has 0 saturated carbocycles. The largest absolute Gasteiger partial charge is 0.477 e. The van der Waals surface area contributed by atoms with E-state index in [2.05, 4.69) is 89.1 Å². The van der Waals surface area contributed by atoms with Crippen molar-refractivity contribution in [2.24, 2.45) is 0 Å². The van der Waals surface area contributed by atoms with E-state index in [0.29, 0.717) is 35.7 Å². The number of nitrogens with zero attached hydrogens (tertiary/aromatic N) is 3. The van der Waals surface area contributed by atoms with Crippen LogP contribution in [0.5, 0.6) is 17.5 Å². The van der Waals surface area contributed by atoms with Gasteiger partial charge in [0, 0.05) is 24.4 Å². The Labute approximate surface area is 234 Å². The zero-order valence-electron chi connectivity index (χ0n) is 24.6. The van der Waals surface area contributed by atoms with Crippen LogP contribution in [0.2, 0.25) is 5.02 Å². The normalized spacial score (nSPS) is 13.4. The molecular formula is C31H45ClN4O2. The van der Waals surface area contributed by atoms with Gasteiger partial charge in [-0.3, -0.25) is 0 Å². The van der Waals surface area contributed by atoms with E-state index in [1.807, 2.05) is 18.5 Å². The summed E-state index contributed by atoms with van der Waals surface area (Å²) in [7, 11) is 0. The van der Waals surface area contributed by atoms with Gasteiger partial charge in [0.15, 0.2) is 5.75 Å². The molecular weight excluding hydrogens is 496 g/mol.